The van der Waals surface area contributed by atoms with Gasteiger partial charge >= 0.3 is 7.32 Å². The molecule has 0 aromatic rings. The van der Waals surface area contributed by atoms with E-state index in [1.807, 2.05) is 0 Å². The summed E-state index contributed by atoms with van der Waals surface area (Å²) < 4.78 is 5.33. The Morgan fingerprint density at radius 3 is 1.86 bits per heavy atom. The molecule has 0 spiro atoms. The van der Waals surface area contributed by atoms with E-state index in [4.69, 9.17) is 30.0 Å². The number of aliphatic hydroxyl groups excluding tert-OH is 2. The van der Waals surface area contributed by atoms with Crippen molar-refractivity contribution in [2.75, 3.05) is 39.5 Å². The zero-order valence-electron chi connectivity index (χ0n) is 13.3. The first-order valence-corrected chi connectivity index (χ1v) is 7.61. The summed E-state index contributed by atoms with van der Waals surface area (Å²) in [5.41, 5.74) is 0. The Hall–Kier alpha value is -0.215. The molecule has 7 nitrogen and oxygen atoms in total. The van der Waals surface area contributed by atoms with Crippen molar-refractivity contribution in [1.29, 1.82) is 0 Å². The largest absolute Gasteiger partial charge is 0.631 e. The van der Waals surface area contributed by atoms with E-state index in [9.17, 15) is 0 Å². The minimum absolute atomic E-state index is 0.227. The molecule has 0 aliphatic rings. The molecule has 0 bridgehead atoms. The molecule has 0 fully saturated rings. The van der Waals surface area contributed by atoms with Gasteiger partial charge < -0.3 is 34.9 Å². The topological polar surface area (TPSA) is 114 Å². The maximum Gasteiger partial charge on any atom is 0.631 e. The number of rotatable bonds is 12. The number of hydrogen-bond acceptors (Lipinski definition) is 7. The Bertz CT molecular complexity index is 189. The molecule has 1 unspecified atom stereocenters. The second-order valence-corrected chi connectivity index (χ2v) is 4.81. The van der Waals surface area contributed by atoms with Crippen LogP contribution in [0.15, 0.2) is 0 Å². The summed E-state index contributed by atoms with van der Waals surface area (Å²) in [7, 11) is -2.17. The van der Waals surface area contributed by atoms with Gasteiger partial charge in [0.1, 0.15) is 6.10 Å². The molecule has 1 atom stereocenters. The summed E-state index contributed by atoms with van der Waals surface area (Å²) in [6.07, 6.45) is 4.14. The van der Waals surface area contributed by atoms with Gasteiger partial charge in [-0.15, -0.1) is 0 Å². The number of nitrogens with zero attached hydrogens (tertiary/aromatic N) is 1. The van der Waals surface area contributed by atoms with Crippen LogP contribution < -0.4 is 0 Å². The molecule has 21 heavy (non-hydrogen) atoms. The molecule has 5 N–H and O–H groups in total. The molecular weight excluding hydrogens is 277 g/mol. The lowest BCUT2D eigenvalue weighted by atomic mass is 10.2. The highest BCUT2D eigenvalue weighted by Crippen LogP contribution is 1.99. The van der Waals surface area contributed by atoms with Crippen molar-refractivity contribution in [3.05, 3.63) is 0 Å². The summed E-state index contributed by atoms with van der Waals surface area (Å²) in [5, 5.41) is 39.3. The smallest absolute Gasteiger partial charge is 0.402 e. The molecule has 0 saturated carbocycles. The van der Waals surface area contributed by atoms with Crippen molar-refractivity contribution in [3.8, 4) is 0 Å². The molecule has 0 saturated heterocycles. The molecule has 0 aliphatic heterocycles. The normalized spacial score (nSPS) is 12.0. The third-order valence-corrected chi connectivity index (χ3v) is 2.73. The minimum Gasteiger partial charge on any atom is -0.402 e. The Labute approximate surface area is 128 Å². The molecule has 0 heterocycles. The molecule has 0 aliphatic carbocycles. The predicted molar refractivity (Wildman–Crippen MR) is 82.6 cm³/mol. The highest BCUT2D eigenvalue weighted by atomic mass is 16.5. The van der Waals surface area contributed by atoms with Gasteiger partial charge in [0.25, 0.3) is 0 Å². The van der Waals surface area contributed by atoms with Crippen LogP contribution in [0.1, 0.15) is 39.5 Å². The van der Waals surface area contributed by atoms with Gasteiger partial charge in [0, 0.05) is 6.54 Å². The molecule has 8 heteroatoms. The molecule has 0 radical (unpaired) electrons. The lowest BCUT2D eigenvalue weighted by Crippen LogP contribution is -2.31. The summed E-state index contributed by atoms with van der Waals surface area (Å²) in [6.45, 7) is 8.20. The van der Waals surface area contributed by atoms with E-state index in [-0.39, 0.29) is 13.2 Å². The van der Waals surface area contributed by atoms with Crippen LogP contribution >= 0.6 is 0 Å². The third kappa shape index (κ3) is 22.2. The van der Waals surface area contributed by atoms with Crippen molar-refractivity contribution >= 4 is 7.32 Å². The monoisotopic (exact) mass is 309 g/mol. The number of hydrogen-bond donors (Lipinski definition) is 5. The van der Waals surface area contributed by atoms with E-state index in [2.05, 4.69) is 18.7 Å². The summed E-state index contributed by atoms with van der Waals surface area (Å²) in [4.78, 5) is 2.42. The first kappa shape index (κ1) is 23.1. The molecule has 0 aromatic carbocycles. The van der Waals surface area contributed by atoms with Crippen LogP contribution in [0.3, 0.4) is 0 Å². The van der Waals surface area contributed by atoms with E-state index in [0.29, 0.717) is 6.61 Å². The van der Waals surface area contributed by atoms with Gasteiger partial charge in [0.2, 0.25) is 0 Å². The highest BCUT2D eigenvalue weighted by molar-refractivity contribution is 6.30. The SMILES string of the molecule is CCCCN(CCCC)CCOCC(O)CO.OB(O)O. The van der Waals surface area contributed by atoms with E-state index >= 15 is 0 Å². The van der Waals surface area contributed by atoms with Crippen molar-refractivity contribution < 1.29 is 30.0 Å². The maximum atomic E-state index is 9.12. The van der Waals surface area contributed by atoms with Gasteiger partial charge in [-0.1, -0.05) is 26.7 Å². The van der Waals surface area contributed by atoms with Gasteiger partial charge in [-0.05, 0) is 25.9 Å². The molecular formula is C13H32BNO6. The van der Waals surface area contributed by atoms with Crippen LogP contribution in [0.5, 0.6) is 0 Å². The fourth-order valence-corrected chi connectivity index (χ4v) is 1.56. The van der Waals surface area contributed by atoms with E-state index in [1.54, 1.807) is 0 Å². The number of unbranched alkanes of at least 4 members (excludes halogenated alkanes) is 2. The average Bonchev–Trinajstić information content (AvgIpc) is 2.44. The van der Waals surface area contributed by atoms with Gasteiger partial charge in [-0.2, -0.15) is 0 Å². The first-order valence-electron chi connectivity index (χ1n) is 7.61. The van der Waals surface area contributed by atoms with Crippen LogP contribution in [-0.2, 0) is 4.74 Å². The molecule has 128 valence electrons. The zero-order valence-corrected chi connectivity index (χ0v) is 13.3. The van der Waals surface area contributed by atoms with Gasteiger partial charge in [0.05, 0.1) is 19.8 Å². The molecule has 0 rings (SSSR count). The fourth-order valence-electron chi connectivity index (χ4n) is 1.56. The summed E-state index contributed by atoms with van der Waals surface area (Å²) in [5.74, 6) is 0. The van der Waals surface area contributed by atoms with Gasteiger partial charge in [0.15, 0.2) is 0 Å². The first-order chi connectivity index (χ1) is 9.97. The Balaban J connectivity index is 0. The number of ether oxygens (including phenoxy) is 1. The number of aliphatic hydroxyl groups is 2. The van der Waals surface area contributed by atoms with E-state index in [1.165, 1.54) is 25.7 Å². The van der Waals surface area contributed by atoms with Crippen molar-refractivity contribution in [3.63, 3.8) is 0 Å². The van der Waals surface area contributed by atoms with Crippen LogP contribution in [-0.4, -0.2) is 83.1 Å². The van der Waals surface area contributed by atoms with Crippen LogP contribution in [0.2, 0.25) is 0 Å². The third-order valence-electron chi connectivity index (χ3n) is 2.73. The Morgan fingerprint density at radius 2 is 1.48 bits per heavy atom. The standard InChI is InChI=1S/C13H29NO3.BH3O3/c1-3-5-7-14(8-6-4-2)9-10-17-12-13(16)11-15;2-1(3)4/h13,15-16H,3-12H2,1-2H3;2-4H. The second-order valence-electron chi connectivity index (χ2n) is 4.81. The second kappa shape index (κ2) is 17.8. The predicted octanol–water partition coefficient (Wildman–Crippen LogP) is -0.793. The molecule has 0 amide bonds. The summed E-state index contributed by atoms with van der Waals surface area (Å²) >= 11 is 0. The highest BCUT2D eigenvalue weighted by Gasteiger charge is 2.05. The van der Waals surface area contributed by atoms with Crippen molar-refractivity contribution in [1.82, 2.24) is 4.90 Å². The van der Waals surface area contributed by atoms with Crippen LogP contribution in [0.25, 0.3) is 0 Å². The minimum atomic E-state index is -2.17. The Kier molecular flexibility index (Phi) is 19.6. The lowest BCUT2D eigenvalue weighted by molar-refractivity contribution is 0.000261. The van der Waals surface area contributed by atoms with E-state index in [0.717, 1.165) is 19.6 Å². The average molecular weight is 309 g/mol. The lowest BCUT2D eigenvalue weighted by Gasteiger charge is -2.22. The van der Waals surface area contributed by atoms with E-state index < -0.39 is 13.4 Å². The van der Waals surface area contributed by atoms with Crippen LogP contribution in [0, 0.1) is 0 Å². The Morgan fingerprint density at radius 1 is 1.00 bits per heavy atom. The quantitative estimate of drug-likeness (QED) is 0.237. The van der Waals surface area contributed by atoms with Gasteiger partial charge in [-0.3, -0.25) is 0 Å². The maximum absolute atomic E-state index is 9.12. The van der Waals surface area contributed by atoms with Crippen LogP contribution in [0.4, 0.5) is 0 Å². The summed E-state index contributed by atoms with van der Waals surface area (Å²) in [6, 6.07) is 0. The van der Waals surface area contributed by atoms with Crippen molar-refractivity contribution in [2.24, 2.45) is 0 Å². The fraction of sp³-hybridized carbons (Fsp3) is 1.00. The molecule has 0 aromatic heterocycles. The van der Waals surface area contributed by atoms with Crippen molar-refractivity contribution in [2.45, 2.75) is 45.6 Å². The zero-order chi connectivity index (χ0) is 16.5. The van der Waals surface area contributed by atoms with Gasteiger partial charge in [-0.25, -0.2) is 0 Å².